The molecule has 2 unspecified atom stereocenters. The number of Topliss-reactive ketones (excluding diaryl/α,β-unsaturated/α-hetero) is 1. The van der Waals surface area contributed by atoms with E-state index in [2.05, 4.69) is 4.90 Å². The fourth-order valence-electron chi connectivity index (χ4n) is 4.96. The second kappa shape index (κ2) is 7.71. The molecule has 2 fully saturated rings. The fourth-order valence-corrected chi connectivity index (χ4v) is 4.96. The Kier molecular flexibility index (Phi) is 5.36. The van der Waals surface area contributed by atoms with Crippen molar-refractivity contribution in [2.75, 3.05) is 19.6 Å². The van der Waals surface area contributed by atoms with Gasteiger partial charge < -0.3 is 10.2 Å². The number of nitrogens with zero attached hydrogens (tertiary/aromatic N) is 1. The Hall–Kier alpha value is -2.38. The summed E-state index contributed by atoms with van der Waals surface area (Å²) in [6.45, 7) is 1.75. The molecule has 1 saturated carbocycles. The van der Waals surface area contributed by atoms with E-state index < -0.39 is 17.3 Å². The molecule has 1 saturated heterocycles. The van der Waals surface area contributed by atoms with Crippen molar-refractivity contribution >= 4 is 5.78 Å². The molecule has 0 amide bonds. The van der Waals surface area contributed by atoms with E-state index in [1.807, 2.05) is 0 Å². The van der Waals surface area contributed by atoms with Gasteiger partial charge in [-0.15, -0.1) is 0 Å². The van der Waals surface area contributed by atoms with Crippen molar-refractivity contribution in [3.63, 3.8) is 0 Å². The third-order valence-electron chi connectivity index (χ3n) is 6.31. The summed E-state index contributed by atoms with van der Waals surface area (Å²) in [6.07, 6.45) is -2.85. The normalized spacial score (nSPS) is 26.7. The smallest absolute Gasteiger partial charge is 0.416 e. The van der Waals surface area contributed by atoms with Crippen LogP contribution in [0.15, 0.2) is 48.5 Å². The SMILES string of the molecule is O=C(CN1CC2CC(O)(Cc3ccc(C(F)(F)F)cc3)CC2C1)c1ccc(O)cc1. The van der Waals surface area contributed by atoms with Gasteiger partial charge in [-0.05, 0) is 66.6 Å². The number of alkyl halides is 3. The van der Waals surface area contributed by atoms with Gasteiger partial charge in [0.1, 0.15) is 5.75 Å². The predicted octanol–water partition coefficient (Wildman–Crippen LogP) is 3.91. The van der Waals surface area contributed by atoms with Gasteiger partial charge in [0.2, 0.25) is 0 Å². The largest absolute Gasteiger partial charge is 0.508 e. The first kappa shape index (κ1) is 20.9. The lowest BCUT2D eigenvalue weighted by atomic mass is 9.91. The van der Waals surface area contributed by atoms with Crippen LogP contribution in [0.1, 0.15) is 34.3 Å². The number of likely N-dealkylation sites (tertiary alicyclic amines) is 1. The standard InChI is InChI=1S/C23H24F3NO3/c24-23(25,26)19-5-1-15(2-6-19)9-22(30)10-17-12-27(13-18(17)11-22)14-21(29)16-3-7-20(28)8-4-16/h1-8,17-18,28,30H,9-14H2. The minimum absolute atomic E-state index is 0.00464. The van der Waals surface area contributed by atoms with Crippen LogP contribution < -0.4 is 0 Å². The van der Waals surface area contributed by atoms with E-state index in [1.54, 1.807) is 12.1 Å². The van der Waals surface area contributed by atoms with Gasteiger partial charge in [0.05, 0.1) is 17.7 Å². The number of carbonyl (C=O) groups excluding carboxylic acids is 1. The lowest BCUT2D eigenvalue weighted by Crippen LogP contribution is -2.34. The van der Waals surface area contributed by atoms with Gasteiger partial charge in [0.25, 0.3) is 0 Å². The van der Waals surface area contributed by atoms with Crippen LogP contribution in [0.4, 0.5) is 13.2 Å². The Morgan fingerprint density at radius 1 is 1.00 bits per heavy atom. The number of phenolic OH excluding ortho intramolecular Hbond substituents is 1. The predicted molar refractivity (Wildman–Crippen MR) is 105 cm³/mol. The maximum atomic E-state index is 12.7. The lowest BCUT2D eigenvalue weighted by Gasteiger charge is -2.26. The second-order valence-electron chi connectivity index (χ2n) is 8.69. The summed E-state index contributed by atoms with van der Waals surface area (Å²) in [7, 11) is 0. The fraction of sp³-hybridized carbons (Fsp3) is 0.435. The summed E-state index contributed by atoms with van der Waals surface area (Å²) in [4.78, 5) is 14.5. The van der Waals surface area contributed by atoms with E-state index in [4.69, 9.17) is 0 Å². The molecule has 7 heteroatoms. The number of aromatic hydroxyl groups is 1. The summed E-state index contributed by atoms with van der Waals surface area (Å²) in [5.41, 5.74) is -0.341. The van der Waals surface area contributed by atoms with Crippen molar-refractivity contribution in [2.45, 2.75) is 31.0 Å². The highest BCUT2D eigenvalue weighted by Crippen LogP contribution is 2.45. The Morgan fingerprint density at radius 2 is 1.57 bits per heavy atom. The van der Waals surface area contributed by atoms with Crippen LogP contribution in [0.5, 0.6) is 5.75 Å². The third kappa shape index (κ3) is 4.52. The maximum Gasteiger partial charge on any atom is 0.416 e. The van der Waals surface area contributed by atoms with Gasteiger partial charge in [-0.1, -0.05) is 12.1 Å². The number of fused-ring (bicyclic) bond motifs is 1. The number of hydrogen-bond acceptors (Lipinski definition) is 4. The molecule has 0 spiro atoms. The molecule has 2 atom stereocenters. The minimum Gasteiger partial charge on any atom is -0.508 e. The molecule has 1 aliphatic carbocycles. The number of halogens is 3. The second-order valence-corrected chi connectivity index (χ2v) is 8.69. The molecule has 2 aromatic carbocycles. The average molecular weight is 419 g/mol. The number of benzene rings is 2. The van der Waals surface area contributed by atoms with Crippen LogP contribution in [0.25, 0.3) is 0 Å². The van der Waals surface area contributed by atoms with Gasteiger partial charge in [-0.25, -0.2) is 0 Å². The number of carbonyl (C=O) groups is 1. The van der Waals surface area contributed by atoms with E-state index in [1.165, 1.54) is 24.3 Å². The summed E-state index contributed by atoms with van der Waals surface area (Å²) in [5.74, 6) is 0.665. The Balaban J connectivity index is 1.32. The number of phenols is 1. The lowest BCUT2D eigenvalue weighted by molar-refractivity contribution is -0.137. The Labute approximate surface area is 172 Å². The highest BCUT2D eigenvalue weighted by Gasteiger charge is 2.48. The van der Waals surface area contributed by atoms with Crippen LogP contribution >= 0.6 is 0 Å². The molecule has 30 heavy (non-hydrogen) atoms. The quantitative estimate of drug-likeness (QED) is 0.722. The van der Waals surface area contributed by atoms with Crippen molar-refractivity contribution in [2.24, 2.45) is 11.8 Å². The van der Waals surface area contributed by atoms with Crippen molar-refractivity contribution in [3.8, 4) is 5.75 Å². The molecule has 4 rings (SSSR count). The van der Waals surface area contributed by atoms with Crippen molar-refractivity contribution in [3.05, 3.63) is 65.2 Å². The zero-order valence-corrected chi connectivity index (χ0v) is 16.4. The van der Waals surface area contributed by atoms with Gasteiger partial charge in [0.15, 0.2) is 5.78 Å². The Bertz CT molecular complexity index is 895. The molecule has 0 aromatic heterocycles. The first-order valence-corrected chi connectivity index (χ1v) is 10.0. The molecule has 2 N–H and O–H groups in total. The highest BCUT2D eigenvalue weighted by molar-refractivity contribution is 5.97. The molecule has 2 aliphatic rings. The van der Waals surface area contributed by atoms with E-state index in [9.17, 15) is 28.2 Å². The van der Waals surface area contributed by atoms with Crippen LogP contribution in [0.2, 0.25) is 0 Å². The molecule has 4 nitrogen and oxygen atoms in total. The Morgan fingerprint density at radius 3 is 2.10 bits per heavy atom. The first-order valence-electron chi connectivity index (χ1n) is 10.0. The molecule has 0 radical (unpaired) electrons. The van der Waals surface area contributed by atoms with E-state index in [0.29, 0.717) is 36.9 Å². The zero-order valence-electron chi connectivity index (χ0n) is 16.4. The third-order valence-corrected chi connectivity index (χ3v) is 6.31. The molecule has 1 heterocycles. The summed E-state index contributed by atoms with van der Waals surface area (Å²) in [6, 6.07) is 11.2. The number of ketones is 1. The monoisotopic (exact) mass is 419 g/mol. The number of hydrogen-bond donors (Lipinski definition) is 2. The van der Waals surface area contributed by atoms with Gasteiger partial charge in [-0.2, -0.15) is 13.2 Å². The van der Waals surface area contributed by atoms with Gasteiger partial charge >= 0.3 is 6.18 Å². The number of aliphatic hydroxyl groups is 1. The molecular weight excluding hydrogens is 395 g/mol. The summed E-state index contributed by atoms with van der Waals surface area (Å²) < 4.78 is 38.2. The first-order chi connectivity index (χ1) is 14.1. The van der Waals surface area contributed by atoms with E-state index in [-0.39, 0.29) is 23.4 Å². The molecule has 160 valence electrons. The molecular formula is C23H24F3NO3. The molecule has 1 aliphatic heterocycles. The molecule has 0 bridgehead atoms. The van der Waals surface area contributed by atoms with Crippen LogP contribution in [0.3, 0.4) is 0 Å². The molecule has 2 aromatic rings. The van der Waals surface area contributed by atoms with E-state index >= 15 is 0 Å². The summed E-state index contributed by atoms with van der Waals surface area (Å²) >= 11 is 0. The number of rotatable bonds is 5. The van der Waals surface area contributed by atoms with Crippen molar-refractivity contribution < 1.29 is 28.2 Å². The van der Waals surface area contributed by atoms with Crippen LogP contribution in [-0.2, 0) is 12.6 Å². The highest BCUT2D eigenvalue weighted by atomic mass is 19.4. The van der Waals surface area contributed by atoms with Gasteiger partial charge in [0, 0.05) is 25.1 Å². The summed E-state index contributed by atoms with van der Waals surface area (Å²) in [5, 5.41) is 20.4. The topological polar surface area (TPSA) is 60.8 Å². The minimum atomic E-state index is -4.36. The zero-order chi connectivity index (χ0) is 21.5. The maximum absolute atomic E-state index is 12.7. The van der Waals surface area contributed by atoms with Crippen molar-refractivity contribution in [1.29, 1.82) is 0 Å². The van der Waals surface area contributed by atoms with Gasteiger partial charge in [-0.3, -0.25) is 9.69 Å². The van der Waals surface area contributed by atoms with E-state index in [0.717, 1.165) is 25.2 Å². The average Bonchev–Trinajstić information content (AvgIpc) is 3.15. The van der Waals surface area contributed by atoms with Crippen molar-refractivity contribution in [1.82, 2.24) is 4.90 Å². The van der Waals surface area contributed by atoms with Crippen LogP contribution in [-0.4, -0.2) is 46.1 Å². The van der Waals surface area contributed by atoms with Crippen LogP contribution in [0, 0.1) is 11.8 Å².